The van der Waals surface area contributed by atoms with Crippen LogP contribution in [0.3, 0.4) is 0 Å². The highest BCUT2D eigenvalue weighted by molar-refractivity contribution is 14.1. The van der Waals surface area contributed by atoms with Crippen molar-refractivity contribution in [2.75, 3.05) is 5.73 Å². The van der Waals surface area contributed by atoms with E-state index in [0.717, 1.165) is 21.5 Å². The molecule has 86 valence electrons. The van der Waals surface area contributed by atoms with Crippen LogP contribution in [-0.4, -0.2) is 10.5 Å². The van der Waals surface area contributed by atoms with E-state index in [0.29, 0.717) is 5.69 Å². The van der Waals surface area contributed by atoms with Crippen LogP contribution in [0.1, 0.15) is 6.92 Å². The predicted molar refractivity (Wildman–Crippen MR) is 69.7 cm³/mol. The highest BCUT2D eigenvalue weighted by Crippen LogP contribution is 2.28. The molecule has 0 fully saturated rings. The fourth-order valence-electron chi connectivity index (χ4n) is 1.71. The van der Waals surface area contributed by atoms with Gasteiger partial charge in [0.2, 0.25) is 0 Å². The number of fused-ring (bicyclic) bond motifs is 1. The maximum Gasteiger partial charge on any atom is 0.262 e. The van der Waals surface area contributed by atoms with Gasteiger partial charge in [-0.2, -0.15) is 0 Å². The molecule has 16 heavy (non-hydrogen) atoms. The smallest absolute Gasteiger partial charge is 0.262 e. The average Bonchev–Trinajstić information content (AvgIpc) is 2.44. The number of nitrogens with two attached hydrogens (primary N) is 1. The summed E-state index contributed by atoms with van der Waals surface area (Å²) in [7, 11) is 0. The van der Waals surface area contributed by atoms with Gasteiger partial charge in [0.1, 0.15) is 0 Å². The van der Waals surface area contributed by atoms with Gasteiger partial charge in [0.25, 0.3) is 5.92 Å². The largest absolute Gasteiger partial charge is 0.398 e. The first-order chi connectivity index (χ1) is 7.38. The topological polar surface area (TPSA) is 30.9 Å². The van der Waals surface area contributed by atoms with Gasteiger partial charge in [-0.05, 0) is 40.8 Å². The molecule has 0 saturated carbocycles. The van der Waals surface area contributed by atoms with Crippen molar-refractivity contribution in [1.82, 2.24) is 4.57 Å². The predicted octanol–water partition coefficient (Wildman–Crippen LogP) is 3.48. The summed E-state index contributed by atoms with van der Waals surface area (Å²) in [4.78, 5) is 0. The first-order valence-electron chi connectivity index (χ1n) is 4.79. The Balaban J connectivity index is 2.61. The minimum Gasteiger partial charge on any atom is -0.398 e. The normalized spacial score (nSPS) is 12.2. The Bertz CT molecular complexity index is 528. The van der Waals surface area contributed by atoms with Gasteiger partial charge in [0.15, 0.2) is 0 Å². The van der Waals surface area contributed by atoms with E-state index in [4.69, 9.17) is 5.73 Å². The maximum absolute atomic E-state index is 13.0. The Morgan fingerprint density at radius 2 is 2.12 bits per heavy atom. The quantitative estimate of drug-likeness (QED) is 0.661. The summed E-state index contributed by atoms with van der Waals surface area (Å²) in [5, 5.41) is 0.830. The molecule has 0 aliphatic heterocycles. The molecular formula is C11H11F2IN2. The van der Waals surface area contributed by atoms with E-state index in [-0.39, 0.29) is 6.54 Å². The van der Waals surface area contributed by atoms with Crippen molar-refractivity contribution >= 4 is 39.2 Å². The zero-order valence-electron chi connectivity index (χ0n) is 8.67. The first kappa shape index (κ1) is 11.6. The van der Waals surface area contributed by atoms with Crippen molar-refractivity contribution in [1.29, 1.82) is 0 Å². The molecule has 2 N–H and O–H groups in total. The Morgan fingerprint density at radius 3 is 2.75 bits per heavy atom. The molecule has 0 bridgehead atoms. The average molecular weight is 336 g/mol. The maximum atomic E-state index is 13.0. The number of rotatable bonds is 2. The van der Waals surface area contributed by atoms with Crippen molar-refractivity contribution < 1.29 is 8.78 Å². The van der Waals surface area contributed by atoms with E-state index in [2.05, 4.69) is 0 Å². The number of aromatic nitrogens is 1. The number of alkyl halides is 2. The molecule has 2 rings (SSSR count). The van der Waals surface area contributed by atoms with E-state index in [9.17, 15) is 8.78 Å². The van der Waals surface area contributed by atoms with E-state index < -0.39 is 5.92 Å². The van der Waals surface area contributed by atoms with Crippen LogP contribution in [0.25, 0.3) is 10.9 Å². The third kappa shape index (κ3) is 2.14. The van der Waals surface area contributed by atoms with Crippen LogP contribution in [0.2, 0.25) is 0 Å². The van der Waals surface area contributed by atoms with Crippen molar-refractivity contribution in [3.63, 3.8) is 0 Å². The first-order valence-corrected chi connectivity index (χ1v) is 5.87. The monoisotopic (exact) mass is 336 g/mol. The minimum atomic E-state index is -2.73. The highest BCUT2D eigenvalue weighted by Gasteiger charge is 2.24. The number of hydrogen-bond acceptors (Lipinski definition) is 1. The number of anilines is 1. The Hall–Kier alpha value is -0.850. The van der Waals surface area contributed by atoms with Crippen LogP contribution >= 0.6 is 22.6 Å². The highest BCUT2D eigenvalue weighted by atomic mass is 127. The minimum absolute atomic E-state index is 0.321. The molecule has 0 saturated heterocycles. The van der Waals surface area contributed by atoms with Gasteiger partial charge in [-0.3, -0.25) is 0 Å². The lowest BCUT2D eigenvalue weighted by Crippen LogP contribution is -2.19. The molecule has 0 amide bonds. The van der Waals surface area contributed by atoms with Crippen LogP contribution in [0.5, 0.6) is 0 Å². The Kier molecular flexibility index (Phi) is 2.81. The number of nitrogen functional groups attached to an aromatic ring is 1. The second-order valence-corrected chi connectivity index (χ2v) is 5.01. The molecule has 0 radical (unpaired) electrons. The molecule has 0 spiro atoms. The number of halogens is 3. The third-order valence-corrected chi connectivity index (χ3v) is 3.26. The van der Waals surface area contributed by atoms with Gasteiger partial charge in [-0.15, -0.1) is 0 Å². The summed E-state index contributed by atoms with van der Waals surface area (Å²) in [6.45, 7) is 0.597. The summed E-state index contributed by atoms with van der Waals surface area (Å²) < 4.78 is 28.4. The standard InChI is InChI=1S/C11H11F2IN2/c1-11(12,13)6-16-9-4-2-3-8(15)7(9)5-10(16)14/h2-5H,6,15H2,1H3. The lowest BCUT2D eigenvalue weighted by atomic mass is 10.2. The van der Waals surface area contributed by atoms with Crippen LogP contribution < -0.4 is 5.73 Å². The summed E-state index contributed by atoms with van der Waals surface area (Å²) in [5.41, 5.74) is 7.17. The molecule has 5 heteroatoms. The van der Waals surface area contributed by atoms with E-state index in [1.165, 1.54) is 0 Å². The van der Waals surface area contributed by atoms with Gasteiger partial charge in [-0.25, -0.2) is 8.78 Å². The van der Waals surface area contributed by atoms with Crippen molar-refractivity contribution in [2.45, 2.75) is 19.4 Å². The van der Waals surface area contributed by atoms with Crippen molar-refractivity contribution in [2.24, 2.45) is 0 Å². The number of hydrogen-bond donors (Lipinski definition) is 1. The van der Waals surface area contributed by atoms with Gasteiger partial charge in [0.05, 0.1) is 15.8 Å². The zero-order valence-corrected chi connectivity index (χ0v) is 10.8. The number of benzene rings is 1. The molecule has 2 aromatic rings. The van der Waals surface area contributed by atoms with Crippen LogP contribution in [0.4, 0.5) is 14.5 Å². The van der Waals surface area contributed by atoms with Gasteiger partial charge in [0, 0.05) is 18.0 Å². The third-order valence-electron chi connectivity index (χ3n) is 2.36. The van der Waals surface area contributed by atoms with Crippen molar-refractivity contribution in [3.8, 4) is 0 Å². The summed E-state index contributed by atoms with van der Waals surface area (Å²) in [5.74, 6) is -2.73. The molecule has 1 aromatic carbocycles. The van der Waals surface area contributed by atoms with E-state index in [1.54, 1.807) is 22.8 Å². The second kappa shape index (κ2) is 3.87. The van der Waals surface area contributed by atoms with Crippen LogP contribution in [0, 0.1) is 3.70 Å². The molecule has 2 nitrogen and oxygen atoms in total. The molecule has 0 unspecified atom stereocenters. The van der Waals surface area contributed by atoms with Gasteiger partial charge >= 0.3 is 0 Å². The summed E-state index contributed by atoms with van der Waals surface area (Å²) in [6.07, 6.45) is 0. The van der Waals surface area contributed by atoms with Gasteiger partial charge < -0.3 is 10.3 Å². The SMILES string of the molecule is CC(F)(F)Cn1c(I)cc2c(N)cccc21. The molecule has 1 heterocycles. The lowest BCUT2D eigenvalue weighted by Gasteiger charge is -2.13. The van der Waals surface area contributed by atoms with E-state index in [1.807, 2.05) is 28.7 Å². The Labute approximate surface area is 106 Å². The van der Waals surface area contributed by atoms with Crippen LogP contribution in [0.15, 0.2) is 24.3 Å². The summed E-state index contributed by atoms with van der Waals surface area (Å²) >= 11 is 2.04. The van der Waals surface area contributed by atoms with E-state index >= 15 is 0 Å². The molecule has 0 aliphatic rings. The Morgan fingerprint density at radius 1 is 1.44 bits per heavy atom. The zero-order chi connectivity index (χ0) is 11.9. The summed E-state index contributed by atoms with van der Waals surface area (Å²) in [6, 6.07) is 7.18. The van der Waals surface area contributed by atoms with Crippen molar-refractivity contribution in [3.05, 3.63) is 28.0 Å². The second-order valence-electron chi connectivity index (χ2n) is 3.90. The number of nitrogens with zero attached hydrogens (tertiary/aromatic N) is 1. The van der Waals surface area contributed by atoms with Crippen LogP contribution in [-0.2, 0) is 6.54 Å². The fourth-order valence-corrected chi connectivity index (χ4v) is 2.46. The molecule has 1 aromatic heterocycles. The van der Waals surface area contributed by atoms with Gasteiger partial charge in [-0.1, -0.05) is 6.07 Å². The molecule has 0 aliphatic carbocycles. The molecule has 0 atom stereocenters. The fraction of sp³-hybridized carbons (Fsp3) is 0.273. The lowest BCUT2D eigenvalue weighted by molar-refractivity contribution is 0.00450. The molecular weight excluding hydrogens is 325 g/mol.